The van der Waals surface area contributed by atoms with Crippen LogP contribution in [0.4, 0.5) is 0 Å². The van der Waals surface area contributed by atoms with Crippen LogP contribution in [0.25, 0.3) is 11.1 Å². The minimum Gasteiger partial charge on any atom is -0.138 e. The van der Waals surface area contributed by atoms with Gasteiger partial charge in [0.1, 0.15) is 0 Å². The summed E-state index contributed by atoms with van der Waals surface area (Å²) in [5.74, 6) is 0. The summed E-state index contributed by atoms with van der Waals surface area (Å²) in [5, 5.41) is 0.788. The molecule has 1 atom stereocenters. The number of rotatable bonds is 4. The number of hydrogen-bond donors (Lipinski definition) is 0. The molecule has 0 saturated carbocycles. The van der Waals surface area contributed by atoms with Crippen molar-refractivity contribution in [1.82, 2.24) is 0 Å². The van der Waals surface area contributed by atoms with Gasteiger partial charge in [-0.2, -0.15) is 0 Å². The van der Waals surface area contributed by atoms with Gasteiger partial charge in [-0.05, 0) is 47.8 Å². The zero-order valence-electron chi connectivity index (χ0n) is 9.70. The Bertz CT molecular complexity index is 477. The fraction of sp³-hybridized carbons (Fsp3) is 0.200. The normalized spacial score (nSPS) is 10.5. The summed E-state index contributed by atoms with van der Waals surface area (Å²) in [6.07, 6.45) is 3.48. The molecule has 0 nitrogen and oxygen atoms in total. The van der Waals surface area contributed by atoms with Gasteiger partial charge in [-0.1, -0.05) is 48.0 Å². The van der Waals surface area contributed by atoms with Gasteiger partial charge in [0, 0.05) is 5.02 Å². The van der Waals surface area contributed by atoms with E-state index in [0.29, 0.717) is 0 Å². The van der Waals surface area contributed by atoms with Crippen LogP contribution in [-0.4, -0.2) is 6.16 Å². The second kappa shape index (κ2) is 6.19. The Labute approximate surface area is 110 Å². The van der Waals surface area contributed by atoms with E-state index in [0.717, 1.165) is 17.6 Å². The van der Waals surface area contributed by atoms with E-state index in [1.54, 1.807) is 0 Å². The fourth-order valence-electron chi connectivity index (χ4n) is 1.94. The SMILES string of the molecule is PCCCc1ccccc1-c1ccc(Cl)cc1. The van der Waals surface area contributed by atoms with Gasteiger partial charge in [-0.3, -0.25) is 0 Å². The molecule has 0 aromatic heterocycles. The number of halogens is 1. The monoisotopic (exact) mass is 262 g/mol. The molecule has 0 aliphatic heterocycles. The van der Waals surface area contributed by atoms with Gasteiger partial charge >= 0.3 is 0 Å². The third-order valence-electron chi connectivity index (χ3n) is 2.82. The molecule has 0 spiro atoms. The molecule has 0 fully saturated rings. The lowest BCUT2D eigenvalue weighted by Gasteiger charge is -2.09. The van der Waals surface area contributed by atoms with Crippen LogP contribution >= 0.6 is 20.8 Å². The molecular weight excluding hydrogens is 247 g/mol. The number of aryl methyl sites for hydroxylation is 1. The zero-order valence-corrected chi connectivity index (χ0v) is 11.6. The van der Waals surface area contributed by atoms with Crippen LogP contribution in [-0.2, 0) is 6.42 Å². The van der Waals surface area contributed by atoms with Crippen LogP contribution in [0.2, 0.25) is 5.02 Å². The predicted molar refractivity (Wildman–Crippen MR) is 79.8 cm³/mol. The molecule has 88 valence electrons. The minimum atomic E-state index is 0.788. The van der Waals surface area contributed by atoms with Crippen LogP contribution in [0.5, 0.6) is 0 Å². The van der Waals surface area contributed by atoms with Gasteiger partial charge in [-0.15, -0.1) is 9.24 Å². The van der Waals surface area contributed by atoms with Crippen molar-refractivity contribution in [2.75, 3.05) is 6.16 Å². The molecule has 0 saturated heterocycles. The van der Waals surface area contributed by atoms with Crippen LogP contribution in [0, 0.1) is 0 Å². The van der Waals surface area contributed by atoms with E-state index >= 15 is 0 Å². The average Bonchev–Trinajstić information content (AvgIpc) is 2.38. The van der Waals surface area contributed by atoms with Crippen LogP contribution in [0.3, 0.4) is 0 Å². The summed E-state index contributed by atoms with van der Waals surface area (Å²) in [7, 11) is 2.78. The molecule has 0 amide bonds. The molecular formula is C15H16ClP. The lowest BCUT2D eigenvalue weighted by molar-refractivity contribution is 0.936. The standard InChI is InChI=1S/C15H16ClP/c16-14-9-7-13(8-10-14)15-6-2-1-4-12(15)5-3-11-17/h1-2,4,6-10H,3,5,11,17H2. The molecule has 0 bridgehead atoms. The van der Waals surface area contributed by atoms with Crippen LogP contribution < -0.4 is 0 Å². The number of benzene rings is 2. The van der Waals surface area contributed by atoms with E-state index in [2.05, 4.69) is 45.6 Å². The summed E-state index contributed by atoms with van der Waals surface area (Å²) >= 11 is 5.92. The van der Waals surface area contributed by atoms with Gasteiger partial charge in [0.05, 0.1) is 0 Å². The summed E-state index contributed by atoms with van der Waals surface area (Å²) in [4.78, 5) is 0. The molecule has 2 heteroatoms. The Morgan fingerprint density at radius 3 is 2.35 bits per heavy atom. The predicted octanol–water partition coefficient (Wildman–Crippen LogP) is 4.81. The van der Waals surface area contributed by atoms with E-state index in [1.807, 2.05) is 12.1 Å². The van der Waals surface area contributed by atoms with Crippen molar-refractivity contribution in [2.45, 2.75) is 12.8 Å². The number of hydrogen-bond acceptors (Lipinski definition) is 0. The van der Waals surface area contributed by atoms with E-state index in [-0.39, 0.29) is 0 Å². The van der Waals surface area contributed by atoms with Gasteiger partial charge in [0.2, 0.25) is 0 Å². The fourth-order valence-corrected chi connectivity index (χ4v) is 2.27. The lowest BCUT2D eigenvalue weighted by atomic mass is 9.97. The maximum Gasteiger partial charge on any atom is 0.0406 e. The maximum absolute atomic E-state index is 5.92. The van der Waals surface area contributed by atoms with Gasteiger partial charge in [-0.25, -0.2) is 0 Å². The highest BCUT2D eigenvalue weighted by molar-refractivity contribution is 7.16. The average molecular weight is 263 g/mol. The molecule has 2 aromatic rings. The second-order valence-electron chi connectivity index (χ2n) is 4.06. The minimum absolute atomic E-state index is 0.788. The third-order valence-corrected chi connectivity index (χ3v) is 3.48. The molecule has 0 aliphatic rings. The van der Waals surface area contributed by atoms with Crippen LogP contribution in [0.1, 0.15) is 12.0 Å². The molecule has 2 aromatic carbocycles. The van der Waals surface area contributed by atoms with Crippen molar-refractivity contribution in [2.24, 2.45) is 0 Å². The van der Waals surface area contributed by atoms with Gasteiger partial charge in [0.25, 0.3) is 0 Å². The smallest absolute Gasteiger partial charge is 0.0406 e. The Balaban J connectivity index is 2.33. The molecule has 1 unspecified atom stereocenters. The summed E-state index contributed by atoms with van der Waals surface area (Å²) < 4.78 is 0. The Hall–Kier alpha value is -0.840. The first-order valence-corrected chi connectivity index (χ1v) is 7.04. The van der Waals surface area contributed by atoms with Crippen molar-refractivity contribution in [3.05, 3.63) is 59.1 Å². The van der Waals surface area contributed by atoms with Crippen molar-refractivity contribution in [1.29, 1.82) is 0 Å². The van der Waals surface area contributed by atoms with Crippen molar-refractivity contribution >= 4 is 20.8 Å². The summed E-state index contributed by atoms with van der Waals surface area (Å²) in [5.41, 5.74) is 3.98. The first-order chi connectivity index (χ1) is 8.31. The van der Waals surface area contributed by atoms with Crippen molar-refractivity contribution < 1.29 is 0 Å². The molecule has 0 N–H and O–H groups in total. The van der Waals surface area contributed by atoms with E-state index in [1.165, 1.54) is 23.1 Å². The summed E-state index contributed by atoms with van der Waals surface area (Å²) in [6, 6.07) is 16.7. The highest BCUT2D eigenvalue weighted by atomic mass is 35.5. The van der Waals surface area contributed by atoms with Gasteiger partial charge < -0.3 is 0 Å². The second-order valence-corrected chi connectivity index (χ2v) is 5.07. The lowest BCUT2D eigenvalue weighted by Crippen LogP contribution is -1.90. The maximum atomic E-state index is 5.92. The van der Waals surface area contributed by atoms with Crippen LogP contribution in [0.15, 0.2) is 48.5 Å². The van der Waals surface area contributed by atoms with E-state index in [4.69, 9.17) is 11.6 Å². The van der Waals surface area contributed by atoms with E-state index in [9.17, 15) is 0 Å². The van der Waals surface area contributed by atoms with Gasteiger partial charge in [0.15, 0.2) is 0 Å². The third kappa shape index (κ3) is 3.31. The highest BCUT2D eigenvalue weighted by Crippen LogP contribution is 2.26. The largest absolute Gasteiger partial charge is 0.138 e. The highest BCUT2D eigenvalue weighted by Gasteiger charge is 2.03. The Morgan fingerprint density at radius 1 is 0.941 bits per heavy atom. The summed E-state index contributed by atoms with van der Waals surface area (Å²) in [6.45, 7) is 0. The van der Waals surface area contributed by atoms with E-state index < -0.39 is 0 Å². The topological polar surface area (TPSA) is 0 Å². The Morgan fingerprint density at radius 2 is 1.65 bits per heavy atom. The molecule has 0 aliphatic carbocycles. The van der Waals surface area contributed by atoms with Crippen molar-refractivity contribution in [3.8, 4) is 11.1 Å². The first-order valence-electron chi connectivity index (χ1n) is 5.85. The Kier molecular flexibility index (Phi) is 4.59. The quantitative estimate of drug-likeness (QED) is 0.694. The molecule has 0 heterocycles. The zero-order chi connectivity index (χ0) is 12.1. The first kappa shape index (κ1) is 12.6. The van der Waals surface area contributed by atoms with Crippen molar-refractivity contribution in [3.63, 3.8) is 0 Å². The molecule has 17 heavy (non-hydrogen) atoms. The molecule has 2 rings (SSSR count). The molecule has 0 radical (unpaired) electrons.